The van der Waals surface area contributed by atoms with Crippen molar-refractivity contribution >= 4 is 16.9 Å². The van der Waals surface area contributed by atoms with Gasteiger partial charge in [0, 0.05) is 11.8 Å². The normalized spacial score (nSPS) is 31.3. The van der Waals surface area contributed by atoms with Crippen LogP contribution in [0.2, 0.25) is 0 Å². The van der Waals surface area contributed by atoms with Gasteiger partial charge in [-0.2, -0.15) is 0 Å². The molecule has 92 valence electrons. The van der Waals surface area contributed by atoms with Crippen LogP contribution in [0, 0.1) is 16.7 Å². The minimum absolute atomic E-state index is 0.480. The zero-order chi connectivity index (χ0) is 12.0. The van der Waals surface area contributed by atoms with E-state index in [1.165, 1.54) is 11.6 Å². The molecule has 1 atom stereocenters. The Morgan fingerprint density at radius 2 is 1.94 bits per heavy atom. The van der Waals surface area contributed by atoms with Gasteiger partial charge in [-0.05, 0) is 23.2 Å². The van der Waals surface area contributed by atoms with E-state index in [2.05, 4.69) is 44.9 Å². The van der Waals surface area contributed by atoms with E-state index in [9.17, 15) is 0 Å². The SMILES string of the molecule is CCC1CN=C(NCC2C(C)(C)C2(C)C)S1. The Hall–Kier alpha value is -0.180. The van der Waals surface area contributed by atoms with E-state index in [1.807, 2.05) is 11.8 Å². The molecule has 0 saturated heterocycles. The summed E-state index contributed by atoms with van der Waals surface area (Å²) in [5.41, 5.74) is 0.960. The third-order valence-electron chi connectivity index (χ3n) is 4.95. The van der Waals surface area contributed by atoms with Crippen LogP contribution in [0.4, 0.5) is 0 Å². The molecule has 0 aromatic heterocycles. The van der Waals surface area contributed by atoms with Gasteiger partial charge >= 0.3 is 0 Å². The maximum Gasteiger partial charge on any atom is 0.156 e. The molecule has 3 heteroatoms. The minimum Gasteiger partial charge on any atom is -0.365 e. The van der Waals surface area contributed by atoms with Crippen molar-refractivity contribution in [3.8, 4) is 0 Å². The monoisotopic (exact) mass is 240 g/mol. The summed E-state index contributed by atoms with van der Waals surface area (Å²) in [5.74, 6) is 0.781. The van der Waals surface area contributed by atoms with Gasteiger partial charge in [-0.25, -0.2) is 0 Å². The molecule has 0 aromatic rings. The lowest BCUT2D eigenvalue weighted by Gasteiger charge is -2.07. The van der Waals surface area contributed by atoms with Crippen LogP contribution in [0.15, 0.2) is 4.99 Å². The number of nitrogens with zero attached hydrogens (tertiary/aromatic N) is 1. The average molecular weight is 240 g/mol. The van der Waals surface area contributed by atoms with Gasteiger partial charge in [0.1, 0.15) is 0 Å². The molecular formula is C13H24N2S. The lowest BCUT2D eigenvalue weighted by molar-refractivity contribution is 0.457. The smallest absolute Gasteiger partial charge is 0.156 e. The fraction of sp³-hybridized carbons (Fsp3) is 0.923. The summed E-state index contributed by atoms with van der Waals surface area (Å²) >= 11 is 1.92. The number of hydrogen-bond donors (Lipinski definition) is 1. The number of amidine groups is 1. The van der Waals surface area contributed by atoms with Crippen molar-refractivity contribution in [2.24, 2.45) is 21.7 Å². The summed E-state index contributed by atoms with van der Waals surface area (Å²) in [7, 11) is 0. The molecule has 0 bridgehead atoms. The molecule has 0 radical (unpaired) electrons. The van der Waals surface area contributed by atoms with E-state index in [0.717, 1.165) is 19.0 Å². The van der Waals surface area contributed by atoms with E-state index < -0.39 is 0 Å². The van der Waals surface area contributed by atoms with Crippen LogP contribution in [-0.2, 0) is 0 Å². The molecule has 2 nitrogen and oxygen atoms in total. The number of nitrogens with one attached hydrogen (secondary N) is 1. The molecule has 1 saturated carbocycles. The summed E-state index contributed by atoms with van der Waals surface area (Å²) in [4.78, 5) is 4.55. The first-order chi connectivity index (χ1) is 7.39. The second-order valence-corrected chi connectivity index (χ2v) is 7.46. The van der Waals surface area contributed by atoms with Crippen LogP contribution in [0.25, 0.3) is 0 Å². The second kappa shape index (κ2) is 3.94. The second-order valence-electron chi connectivity index (χ2n) is 6.17. The fourth-order valence-electron chi connectivity index (χ4n) is 2.76. The van der Waals surface area contributed by atoms with Crippen molar-refractivity contribution in [2.45, 2.75) is 46.3 Å². The van der Waals surface area contributed by atoms with Crippen LogP contribution >= 0.6 is 11.8 Å². The number of aliphatic imine (C=N–C) groups is 1. The van der Waals surface area contributed by atoms with Crippen molar-refractivity contribution in [1.29, 1.82) is 0 Å². The van der Waals surface area contributed by atoms with Crippen LogP contribution in [0.1, 0.15) is 41.0 Å². The fourth-order valence-corrected chi connectivity index (χ4v) is 3.71. The molecule has 16 heavy (non-hydrogen) atoms. The molecule has 1 fully saturated rings. The molecule has 0 spiro atoms. The number of rotatable bonds is 3. The molecule has 2 rings (SSSR count). The van der Waals surface area contributed by atoms with Crippen LogP contribution < -0.4 is 5.32 Å². The molecular weight excluding hydrogens is 216 g/mol. The molecule has 1 aliphatic carbocycles. The molecule has 1 N–H and O–H groups in total. The summed E-state index contributed by atoms with van der Waals surface area (Å²) in [6, 6.07) is 0. The summed E-state index contributed by atoms with van der Waals surface area (Å²) in [6.45, 7) is 13.8. The third kappa shape index (κ3) is 1.87. The predicted octanol–water partition coefficient (Wildman–Crippen LogP) is 3.14. The zero-order valence-corrected chi connectivity index (χ0v) is 11.9. The first-order valence-electron chi connectivity index (χ1n) is 6.34. The molecule has 0 aromatic carbocycles. The standard InChI is InChI=1S/C13H24N2S/c1-6-9-7-14-11(16-9)15-8-10-12(2,3)13(10,4)5/h9-10H,6-8H2,1-5H3,(H,14,15). The molecule has 1 unspecified atom stereocenters. The van der Waals surface area contributed by atoms with Crippen LogP contribution in [-0.4, -0.2) is 23.5 Å². The lowest BCUT2D eigenvalue weighted by atomic mass is 10.0. The predicted molar refractivity (Wildman–Crippen MR) is 73.0 cm³/mol. The first-order valence-corrected chi connectivity index (χ1v) is 7.22. The molecule has 1 heterocycles. The van der Waals surface area contributed by atoms with E-state index in [0.29, 0.717) is 16.1 Å². The highest BCUT2D eigenvalue weighted by atomic mass is 32.2. The number of thioether (sulfide) groups is 1. The Morgan fingerprint density at radius 3 is 2.38 bits per heavy atom. The topological polar surface area (TPSA) is 24.4 Å². The maximum absolute atomic E-state index is 4.55. The highest BCUT2D eigenvalue weighted by molar-refractivity contribution is 8.14. The Kier molecular flexibility index (Phi) is 3.02. The maximum atomic E-state index is 4.55. The van der Waals surface area contributed by atoms with Crippen molar-refractivity contribution < 1.29 is 0 Å². The zero-order valence-electron chi connectivity index (χ0n) is 11.1. The average Bonchev–Trinajstić information content (AvgIpc) is 2.60. The van der Waals surface area contributed by atoms with Gasteiger partial charge in [0.2, 0.25) is 0 Å². The van der Waals surface area contributed by atoms with Crippen molar-refractivity contribution in [3.63, 3.8) is 0 Å². The first kappa shape index (κ1) is 12.3. The van der Waals surface area contributed by atoms with Gasteiger partial charge in [0.15, 0.2) is 5.17 Å². The van der Waals surface area contributed by atoms with Gasteiger partial charge in [-0.3, -0.25) is 4.99 Å². The van der Waals surface area contributed by atoms with Gasteiger partial charge in [-0.1, -0.05) is 46.4 Å². The molecule has 1 aliphatic heterocycles. The Labute approximate surface area is 104 Å². The summed E-state index contributed by atoms with van der Waals surface area (Å²) in [5, 5.41) is 5.41. The quantitative estimate of drug-likeness (QED) is 0.819. The van der Waals surface area contributed by atoms with Crippen molar-refractivity contribution in [3.05, 3.63) is 0 Å². The van der Waals surface area contributed by atoms with E-state index in [1.54, 1.807) is 0 Å². The Balaban J connectivity index is 1.78. The Bertz CT molecular complexity index is 293. The highest BCUT2D eigenvalue weighted by Crippen LogP contribution is 2.67. The van der Waals surface area contributed by atoms with Crippen LogP contribution in [0.5, 0.6) is 0 Å². The third-order valence-corrected chi connectivity index (χ3v) is 6.26. The van der Waals surface area contributed by atoms with Crippen molar-refractivity contribution in [1.82, 2.24) is 5.32 Å². The van der Waals surface area contributed by atoms with E-state index in [4.69, 9.17) is 0 Å². The Morgan fingerprint density at radius 1 is 1.31 bits per heavy atom. The van der Waals surface area contributed by atoms with Gasteiger partial charge < -0.3 is 5.32 Å². The van der Waals surface area contributed by atoms with Gasteiger partial charge in [-0.15, -0.1) is 0 Å². The van der Waals surface area contributed by atoms with Gasteiger partial charge in [0.25, 0.3) is 0 Å². The van der Waals surface area contributed by atoms with Crippen molar-refractivity contribution in [2.75, 3.05) is 13.1 Å². The number of hydrogen-bond acceptors (Lipinski definition) is 3. The highest BCUT2D eigenvalue weighted by Gasteiger charge is 2.64. The summed E-state index contributed by atoms with van der Waals surface area (Å²) in [6.07, 6.45) is 1.22. The summed E-state index contributed by atoms with van der Waals surface area (Å²) < 4.78 is 0. The van der Waals surface area contributed by atoms with E-state index >= 15 is 0 Å². The molecule has 0 amide bonds. The van der Waals surface area contributed by atoms with E-state index in [-0.39, 0.29) is 0 Å². The molecule has 2 aliphatic rings. The van der Waals surface area contributed by atoms with Gasteiger partial charge in [0.05, 0.1) is 6.54 Å². The van der Waals surface area contributed by atoms with Crippen LogP contribution in [0.3, 0.4) is 0 Å². The lowest BCUT2D eigenvalue weighted by Crippen LogP contribution is -2.23. The largest absolute Gasteiger partial charge is 0.365 e. The minimum atomic E-state index is 0.480.